The lowest BCUT2D eigenvalue weighted by atomic mass is 9.97. The predicted octanol–water partition coefficient (Wildman–Crippen LogP) is 2.72. The Morgan fingerprint density at radius 1 is 1.73 bits per heavy atom. The zero-order valence-electron chi connectivity index (χ0n) is 6.88. The fraction of sp³-hybridized carbons (Fsp3) is 0.300. The molecule has 1 heteroatoms. The van der Waals surface area contributed by atoms with Gasteiger partial charge in [0.25, 0.3) is 0 Å². The molecule has 0 amide bonds. The minimum Gasteiger partial charge on any atom is -0.265 e. The van der Waals surface area contributed by atoms with Crippen LogP contribution < -0.4 is 0 Å². The highest BCUT2D eigenvalue weighted by atomic mass is 14.7. The molecular formula is C10H13N. The zero-order chi connectivity index (χ0) is 8.27. The molecule has 1 nitrogen and oxygen atoms in total. The molecule has 1 unspecified atom stereocenters. The first-order valence-corrected chi connectivity index (χ1v) is 3.78. The van der Waals surface area contributed by atoms with Crippen molar-refractivity contribution in [2.75, 3.05) is 0 Å². The van der Waals surface area contributed by atoms with Gasteiger partial charge < -0.3 is 0 Å². The predicted molar refractivity (Wildman–Crippen MR) is 49.7 cm³/mol. The molecule has 0 spiro atoms. The number of nitrogens with zero attached hydrogens (tertiary/aromatic N) is 1. The van der Waals surface area contributed by atoms with Crippen LogP contribution in [0, 0.1) is 5.92 Å². The number of allylic oxidation sites excluding steroid dienone is 3. The van der Waals surface area contributed by atoms with Crippen molar-refractivity contribution in [2.24, 2.45) is 10.9 Å². The molecular weight excluding hydrogens is 134 g/mol. The van der Waals surface area contributed by atoms with E-state index in [-0.39, 0.29) is 0 Å². The van der Waals surface area contributed by atoms with Crippen molar-refractivity contribution in [1.29, 1.82) is 0 Å². The molecule has 1 aliphatic carbocycles. The van der Waals surface area contributed by atoms with Crippen LogP contribution in [0.25, 0.3) is 0 Å². The Morgan fingerprint density at radius 2 is 2.45 bits per heavy atom. The SMILES string of the molecule is C=NC(=C)C1=CCC(C)C=C1. The number of rotatable bonds is 2. The van der Waals surface area contributed by atoms with Crippen molar-refractivity contribution >= 4 is 6.72 Å². The second-order valence-corrected chi connectivity index (χ2v) is 2.84. The Balaban J connectivity index is 2.70. The van der Waals surface area contributed by atoms with E-state index in [0.29, 0.717) is 5.92 Å². The van der Waals surface area contributed by atoms with Gasteiger partial charge >= 0.3 is 0 Å². The Bertz CT molecular complexity index is 233. The van der Waals surface area contributed by atoms with Gasteiger partial charge in [0.15, 0.2) is 0 Å². The van der Waals surface area contributed by atoms with Gasteiger partial charge in [-0.2, -0.15) is 0 Å². The van der Waals surface area contributed by atoms with Gasteiger partial charge in [-0.3, -0.25) is 4.99 Å². The van der Waals surface area contributed by atoms with Crippen LogP contribution in [-0.2, 0) is 0 Å². The first kappa shape index (κ1) is 7.99. The monoisotopic (exact) mass is 147 g/mol. The Kier molecular flexibility index (Phi) is 2.42. The maximum atomic E-state index is 3.77. The third-order valence-electron chi connectivity index (χ3n) is 1.84. The molecule has 11 heavy (non-hydrogen) atoms. The molecule has 0 saturated carbocycles. The van der Waals surface area contributed by atoms with Crippen LogP contribution in [0.3, 0.4) is 0 Å². The van der Waals surface area contributed by atoms with E-state index in [1.54, 1.807) is 0 Å². The molecule has 0 saturated heterocycles. The largest absolute Gasteiger partial charge is 0.265 e. The Hall–Kier alpha value is -1.11. The van der Waals surface area contributed by atoms with Gasteiger partial charge in [0.05, 0.1) is 5.70 Å². The van der Waals surface area contributed by atoms with Gasteiger partial charge in [-0.05, 0) is 24.6 Å². The van der Waals surface area contributed by atoms with Gasteiger partial charge in [-0.25, -0.2) is 0 Å². The van der Waals surface area contributed by atoms with E-state index in [1.807, 2.05) is 0 Å². The summed E-state index contributed by atoms with van der Waals surface area (Å²) < 4.78 is 0. The molecule has 0 N–H and O–H groups in total. The lowest BCUT2D eigenvalue weighted by Gasteiger charge is -2.10. The molecule has 1 aliphatic rings. The maximum absolute atomic E-state index is 3.77. The Labute approximate surface area is 67.8 Å². The van der Waals surface area contributed by atoms with Crippen molar-refractivity contribution in [2.45, 2.75) is 13.3 Å². The molecule has 0 aromatic carbocycles. The van der Waals surface area contributed by atoms with Crippen LogP contribution in [0.4, 0.5) is 0 Å². The molecule has 0 bridgehead atoms. The summed E-state index contributed by atoms with van der Waals surface area (Å²) in [5.74, 6) is 0.649. The van der Waals surface area contributed by atoms with Crippen molar-refractivity contribution in [1.82, 2.24) is 0 Å². The maximum Gasteiger partial charge on any atom is 0.0619 e. The summed E-state index contributed by atoms with van der Waals surface area (Å²) in [6, 6.07) is 0. The summed E-state index contributed by atoms with van der Waals surface area (Å²) in [6.45, 7) is 9.39. The van der Waals surface area contributed by atoms with Gasteiger partial charge in [0.2, 0.25) is 0 Å². The molecule has 0 aromatic heterocycles. The quantitative estimate of drug-likeness (QED) is 0.532. The van der Waals surface area contributed by atoms with Gasteiger partial charge in [0.1, 0.15) is 0 Å². The van der Waals surface area contributed by atoms with E-state index in [2.05, 4.69) is 43.4 Å². The van der Waals surface area contributed by atoms with Crippen LogP contribution >= 0.6 is 0 Å². The lowest BCUT2D eigenvalue weighted by molar-refractivity contribution is 0.732. The average molecular weight is 147 g/mol. The summed E-state index contributed by atoms with van der Waals surface area (Å²) in [7, 11) is 0. The highest BCUT2D eigenvalue weighted by molar-refractivity contribution is 5.43. The van der Waals surface area contributed by atoms with Gasteiger partial charge in [0, 0.05) is 0 Å². The van der Waals surface area contributed by atoms with E-state index in [4.69, 9.17) is 0 Å². The molecule has 0 fully saturated rings. The minimum atomic E-state index is 0.649. The fourth-order valence-electron chi connectivity index (χ4n) is 1.03. The molecule has 0 aliphatic heterocycles. The van der Waals surface area contributed by atoms with Gasteiger partial charge in [-0.15, -0.1) is 0 Å². The average Bonchev–Trinajstić information content (AvgIpc) is 2.05. The number of hydrogen-bond acceptors (Lipinski definition) is 1. The van der Waals surface area contributed by atoms with Crippen molar-refractivity contribution in [3.8, 4) is 0 Å². The minimum absolute atomic E-state index is 0.649. The number of aliphatic imine (C=N–C) groups is 1. The summed E-state index contributed by atoms with van der Waals surface area (Å²) in [5, 5.41) is 0. The topological polar surface area (TPSA) is 12.4 Å². The lowest BCUT2D eigenvalue weighted by Crippen LogP contribution is -1.94. The molecule has 0 heterocycles. The second-order valence-electron chi connectivity index (χ2n) is 2.84. The molecule has 1 atom stereocenters. The van der Waals surface area contributed by atoms with E-state index < -0.39 is 0 Å². The van der Waals surface area contributed by atoms with E-state index in [0.717, 1.165) is 17.7 Å². The number of hydrogen-bond donors (Lipinski definition) is 0. The van der Waals surface area contributed by atoms with Crippen LogP contribution in [0.1, 0.15) is 13.3 Å². The van der Waals surface area contributed by atoms with E-state index in [9.17, 15) is 0 Å². The molecule has 1 rings (SSSR count). The molecule has 0 radical (unpaired) electrons. The van der Waals surface area contributed by atoms with Crippen molar-refractivity contribution < 1.29 is 0 Å². The highest BCUT2D eigenvalue weighted by Gasteiger charge is 2.04. The summed E-state index contributed by atoms with van der Waals surface area (Å²) in [4.78, 5) is 3.77. The Morgan fingerprint density at radius 3 is 2.91 bits per heavy atom. The summed E-state index contributed by atoms with van der Waals surface area (Å²) >= 11 is 0. The summed E-state index contributed by atoms with van der Waals surface area (Å²) in [5.41, 5.74) is 1.88. The van der Waals surface area contributed by atoms with E-state index >= 15 is 0 Å². The van der Waals surface area contributed by atoms with Crippen LogP contribution in [-0.4, -0.2) is 6.72 Å². The van der Waals surface area contributed by atoms with Crippen LogP contribution in [0.5, 0.6) is 0 Å². The first-order valence-electron chi connectivity index (χ1n) is 3.78. The highest BCUT2D eigenvalue weighted by Crippen LogP contribution is 2.20. The van der Waals surface area contributed by atoms with Crippen molar-refractivity contribution in [3.63, 3.8) is 0 Å². The standard InChI is InChI=1S/C10H13N/c1-8-4-6-10(7-5-8)9(2)11-3/h4,6-8H,2-3,5H2,1H3. The molecule has 0 aromatic rings. The van der Waals surface area contributed by atoms with Gasteiger partial charge in [-0.1, -0.05) is 31.7 Å². The van der Waals surface area contributed by atoms with Crippen LogP contribution in [0.15, 0.2) is 41.1 Å². The smallest absolute Gasteiger partial charge is 0.0619 e. The fourth-order valence-corrected chi connectivity index (χ4v) is 1.03. The first-order chi connectivity index (χ1) is 5.24. The van der Waals surface area contributed by atoms with E-state index in [1.165, 1.54) is 0 Å². The van der Waals surface area contributed by atoms with Crippen molar-refractivity contribution in [3.05, 3.63) is 36.1 Å². The van der Waals surface area contributed by atoms with Crippen LogP contribution in [0.2, 0.25) is 0 Å². The third-order valence-corrected chi connectivity index (χ3v) is 1.84. The summed E-state index contributed by atoms with van der Waals surface area (Å²) in [6.07, 6.45) is 7.47. The molecule has 58 valence electrons. The second kappa shape index (κ2) is 3.33. The zero-order valence-corrected chi connectivity index (χ0v) is 6.88. The third kappa shape index (κ3) is 1.90. The normalized spacial score (nSPS) is 22.6.